The normalized spacial score (nSPS) is 11.8. The average Bonchev–Trinajstić information content (AvgIpc) is 2.68. The number of thioether (sulfide) groups is 1. The van der Waals surface area contributed by atoms with Crippen molar-refractivity contribution in [1.29, 1.82) is 0 Å². The maximum absolute atomic E-state index is 13.3. The molecular weight excluding hydrogens is 433 g/mol. The lowest BCUT2D eigenvalue weighted by Gasteiger charge is -2.20. The van der Waals surface area contributed by atoms with Gasteiger partial charge in [0.2, 0.25) is 0 Å². The molecule has 0 bridgehead atoms. The largest absolute Gasteiger partial charge is 0.456 e. The van der Waals surface area contributed by atoms with Gasteiger partial charge in [0.05, 0.1) is 24.0 Å². The van der Waals surface area contributed by atoms with E-state index in [4.69, 9.17) is 4.74 Å². The van der Waals surface area contributed by atoms with Crippen LogP contribution in [0.3, 0.4) is 0 Å². The number of nitrogens with zero attached hydrogens (tertiary/aromatic N) is 2. The number of hydrogen-bond acceptors (Lipinski definition) is 6. The van der Waals surface area contributed by atoms with Crippen molar-refractivity contribution in [2.45, 2.75) is 32.9 Å². The van der Waals surface area contributed by atoms with Crippen molar-refractivity contribution in [3.63, 3.8) is 0 Å². The maximum atomic E-state index is 13.3. The van der Waals surface area contributed by atoms with E-state index in [9.17, 15) is 22.8 Å². The summed E-state index contributed by atoms with van der Waals surface area (Å²) in [5, 5.41) is 5.08. The van der Waals surface area contributed by atoms with E-state index in [1.165, 1.54) is 18.5 Å². The molecule has 0 fully saturated rings. The van der Waals surface area contributed by atoms with Crippen LogP contribution in [0, 0.1) is 17.5 Å². The van der Waals surface area contributed by atoms with Crippen molar-refractivity contribution >= 4 is 34.6 Å². The Morgan fingerprint density at radius 2 is 1.84 bits per heavy atom. The second-order valence-corrected chi connectivity index (χ2v) is 8.00. The minimum absolute atomic E-state index is 0.0876. The summed E-state index contributed by atoms with van der Waals surface area (Å²) in [7, 11) is 0. The topological polar surface area (TPSA) is 92.7 Å². The molecule has 0 spiro atoms. The molecule has 31 heavy (non-hydrogen) atoms. The number of hydrogen-bond donors (Lipinski definition) is 2. The van der Waals surface area contributed by atoms with E-state index in [0.29, 0.717) is 0 Å². The Hall–Kier alpha value is -3.08. The van der Waals surface area contributed by atoms with Crippen LogP contribution in [0.4, 0.5) is 23.7 Å². The van der Waals surface area contributed by atoms with Crippen molar-refractivity contribution in [1.82, 2.24) is 10.3 Å². The van der Waals surface area contributed by atoms with Gasteiger partial charge >= 0.3 is 12.0 Å². The first-order chi connectivity index (χ1) is 14.5. The number of esters is 1. The van der Waals surface area contributed by atoms with Crippen molar-refractivity contribution in [2.75, 3.05) is 11.6 Å². The fourth-order valence-electron chi connectivity index (χ4n) is 2.27. The lowest BCUT2D eigenvalue weighted by atomic mass is 10.1. The second kappa shape index (κ2) is 10.3. The standard InChI is InChI=1S/C20H21F3N4O3S/c1-20(2,3)30-17(28)12-5-6-24-10-15(12)26-18(29)27-19(31-4)25-9-11-7-13(21)16(23)14(22)8-11/h5-8,10H,9H2,1-4H3,(H2,25,26,27,29). The molecule has 0 aliphatic rings. The number of benzene rings is 1. The van der Waals surface area contributed by atoms with Gasteiger partial charge in [-0.25, -0.2) is 22.8 Å². The maximum Gasteiger partial charge on any atom is 0.340 e. The zero-order chi connectivity index (χ0) is 23.2. The van der Waals surface area contributed by atoms with Crippen LogP contribution in [0.1, 0.15) is 36.7 Å². The summed E-state index contributed by atoms with van der Waals surface area (Å²) in [5.41, 5.74) is -0.403. The molecule has 0 saturated carbocycles. The number of carbonyl (C=O) groups is 2. The van der Waals surface area contributed by atoms with Gasteiger partial charge in [0.25, 0.3) is 0 Å². The first kappa shape index (κ1) is 24.2. The molecule has 2 aromatic rings. The third-order valence-electron chi connectivity index (χ3n) is 3.55. The first-order valence-corrected chi connectivity index (χ1v) is 10.2. The van der Waals surface area contributed by atoms with E-state index >= 15 is 0 Å². The van der Waals surface area contributed by atoms with Gasteiger partial charge in [-0.15, -0.1) is 0 Å². The highest BCUT2D eigenvalue weighted by atomic mass is 32.2. The Labute approximate surface area is 181 Å². The van der Waals surface area contributed by atoms with E-state index < -0.39 is 35.1 Å². The number of anilines is 1. The molecule has 2 N–H and O–H groups in total. The molecule has 1 aromatic carbocycles. The fourth-order valence-corrected chi connectivity index (χ4v) is 2.66. The number of aliphatic imine (C=N–C) groups is 1. The number of amidine groups is 1. The van der Waals surface area contributed by atoms with Gasteiger partial charge in [0, 0.05) is 6.20 Å². The van der Waals surface area contributed by atoms with Gasteiger partial charge < -0.3 is 10.1 Å². The molecule has 0 radical (unpaired) electrons. The predicted octanol–water partition coefficient (Wildman–Crippen LogP) is 4.49. The lowest BCUT2D eigenvalue weighted by molar-refractivity contribution is 0.00706. The van der Waals surface area contributed by atoms with Crippen LogP contribution in [0.2, 0.25) is 0 Å². The fraction of sp³-hybridized carbons (Fsp3) is 0.300. The van der Waals surface area contributed by atoms with Crippen LogP contribution in [-0.2, 0) is 11.3 Å². The first-order valence-electron chi connectivity index (χ1n) is 8.97. The summed E-state index contributed by atoms with van der Waals surface area (Å²) in [6.07, 6.45) is 4.30. The summed E-state index contributed by atoms with van der Waals surface area (Å²) in [6.45, 7) is 4.95. The number of aromatic nitrogens is 1. The summed E-state index contributed by atoms with van der Waals surface area (Å²) in [4.78, 5) is 32.6. The lowest BCUT2D eigenvalue weighted by Crippen LogP contribution is -2.33. The van der Waals surface area contributed by atoms with E-state index in [1.54, 1.807) is 27.0 Å². The molecule has 11 heteroatoms. The zero-order valence-electron chi connectivity index (χ0n) is 17.3. The van der Waals surface area contributed by atoms with Crippen LogP contribution in [-0.4, -0.2) is 34.0 Å². The quantitative estimate of drug-likeness (QED) is 0.307. The Morgan fingerprint density at radius 3 is 2.42 bits per heavy atom. The average molecular weight is 454 g/mol. The molecule has 7 nitrogen and oxygen atoms in total. The van der Waals surface area contributed by atoms with Crippen LogP contribution >= 0.6 is 11.8 Å². The van der Waals surface area contributed by atoms with Crippen LogP contribution in [0.15, 0.2) is 35.6 Å². The molecule has 0 unspecified atom stereocenters. The smallest absolute Gasteiger partial charge is 0.340 e. The van der Waals surface area contributed by atoms with Gasteiger partial charge in [-0.05, 0) is 50.8 Å². The monoisotopic (exact) mass is 454 g/mol. The van der Waals surface area contributed by atoms with Crippen molar-refractivity contribution < 1.29 is 27.5 Å². The molecular formula is C20H21F3N4O3S. The molecule has 0 saturated heterocycles. The van der Waals surface area contributed by atoms with Gasteiger partial charge in [-0.2, -0.15) is 0 Å². The Bertz CT molecular complexity index is 986. The zero-order valence-corrected chi connectivity index (χ0v) is 18.1. The van der Waals surface area contributed by atoms with E-state index in [0.717, 1.165) is 23.9 Å². The second-order valence-electron chi connectivity index (χ2n) is 7.20. The Kier molecular flexibility index (Phi) is 8.03. The Balaban J connectivity index is 2.09. The van der Waals surface area contributed by atoms with Crippen molar-refractivity contribution in [2.24, 2.45) is 4.99 Å². The number of halogens is 3. The third-order valence-corrected chi connectivity index (χ3v) is 4.17. The number of pyridine rings is 1. The molecule has 2 rings (SSSR count). The van der Waals surface area contributed by atoms with E-state index in [1.807, 2.05) is 0 Å². The van der Waals surface area contributed by atoms with E-state index in [2.05, 4.69) is 20.6 Å². The summed E-state index contributed by atoms with van der Waals surface area (Å²) < 4.78 is 45.0. The highest BCUT2D eigenvalue weighted by Gasteiger charge is 2.21. The molecule has 1 aromatic heterocycles. The number of ether oxygens (including phenoxy) is 1. The van der Waals surface area contributed by atoms with Gasteiger partial charge in [-0.3, -0.25) is 15.3 Å². The number of nitrogens with one attached hydrogen (secondary N) is 2. The number of amides is 2. The molecule has 0 atom stereocenters. The van der Waals surface area contributed by atoms with Crippen molar-refractivity contribution in [3.8, 4) is 0 Å². The molecule has 1 heterocycles. The minimum Gasteiger partial charge on any atom is -0.456 e. The molecule has 0 aliphatic carbocycles. The predicted molar refractivity (Wildman–Crippen MR) is 113 cm³/mol. The SMILES string of the molecule is CSC(=NCc1cc(F)c(F)c(F)c1)NC(=O)Nc1cnccc1C(=O)OC(C)(C)C. The number of urea groups is 1. The highest BCUT2D eigenvalue weighted by Crippen LogP contribution is 2.19. The minimum atomic E-state index is -1.56. The van der Waals surface area contributed by atoms with Gasteiger partial charge in [-0.1, -0.05) is 11.8 Å². The third kappa shape index (κ3) is 7.28. The van der Waals surface area contributed by atoms with Crippen LogP contribution in [0.25, 0.3) is 0 Å². The summed E-state index contributed by atoms with van der Waals surface area (Å²) in [5.74, 6) is -4.85. The van der Waals surface area contributed by atoms with Crippen LogP contribution < -0.4 is 10.6 Å². The van der Waals surface area contributed by atoms with Crippen molar-refractivity contribution in [3.05, 3.63) is 59.2 Å². The highest BCUT2D eigenvalue weighted by molar-refractivity contribution is 8.13. The summed E-state index contributed by atoms with van der Waals surface area (Å²) in [6, 6.07) is 2.33. The molecule has 166 valence electrons. The summed E-state index contributed by atoms with van der Waals surface area (Å²) >= 11 is 1.07. The number of rotatable bonds is 4. The van der Waals surface area contributed by atoms with E-state index in [-0.39, 0.29) is 28.5 Å². The van der Waals surface area contributed by atoms with Crippen LogP contribution in [0.5, 0.6) is 0 Å². The molecule has 2 amide bonds. The Morgan fingerprint density at radius 1 is 1.19 bits per heavy atom. The van der Waals surface area contributed by atoms with Gasteiger partial charge in [0.1, 0.15) is 5.60 Å². The molecule has 0 aliphatic heterocycles. The van der Waals surface area contributed by atoms with Gasteiger partial charge in [0.15, 0.2) is 22.6 Å². The number of carbonyl (C=O) groups excluding carboxylic acids is 2.